The molecule has 1 aliphatic heterocycles. The Morgan fingerprint density at radius 1 is 1.38 bits per heavy atom. The second kappa shape index (κ2) is 4.09. The number of rotatable bonds is 6. The maximum atomic E-state index is 10.9. The smallest absolute Gasteiger partial charge is 0.356 e. The molecule has 0 aromatic rings. The van der Waals surface area contributed by atoms with E-state index in [1.165, 1.54) is 0 Å². The average molecular weight is 208 g/mol. The summed E-state index contributed by atoms with van der Waals surface area (Å²) in [7, 11) is -4.03. The molecule has 1 saturated heterocycles. The highest BCUT2D eigenvalue weighted by Gasteiger charge is 2.58. The van der Waals surface area contributed by atoms with Crippen LogP contribution >= 0.6 is 7.60 Å². The van der Waals surface area contributed by atoms with Gasteiger partial charge >= 0.3 is 7.60 Å². The van der Waals surface area contributed by atoms with Crippen LogP contribution in [0.25, 0.3) is 0 Å². The first-order valence-corrected chi connectivity index (χ1v) is 6.33. The molecule has 0 radical (unpaired) electrons. The van der Waals surface area contributed by atoms with Crippen LogP contribution in [0.5, 0.6) is 0 Å². The van der Waals surface area contributed by atoms with Crippen LogP contribution in [0.4, 0.5) is 0 Å². The summed E-state index contributed by atoms with van der Waals surface area (Å²) in [6, 6.07) is 0. The third-order valence-electron chi connectivity index (χ3n) is 2.43. The van der Waals surface area contributed by atoms with Gasteiger partial charge in [-0.3, -0.25) is 4.57 Å². The Hall–Kier alpha value is 0.110. The first-order chi connectivity index (χ1) is 6.02. The summed E-state index contributed by atoms with van der Waals surface area (Å²) in [6.07, 6.45) is 4.62. The SMILES string of the molecule is CCCCCCC1(P(=O)(O)O)CO1. The van der Waals surface area contributed by atoms with E-state index in [1.807, 2.05) is 0 Å². The Morgan fingerprint density at radius 3 is 2.38 bits per heavy atom. The molecule has 1 heterocycles. The van der Waals surface area contributed by atoms with Crippen LogP contribution in [0.1, 0.15) is 39.0 Å². The molecule has 78 valence electrons. The van der Waals surface area contributed by atoms with E-state index < -0.39 is 12.9 Å². The van der Waals surface area contributed by atoms with Crippen molar-refractivity contribution < 1.29 is 19.1 Å². The maximum absolute atomic E-state index is 10.9. The molecule has 1 fully saturated rings. The Morgan fingerprint density at radius 2 is 2.00 bits per heavy atom. The minimum Gasteiger partial charge on any atom is -0.356 e. The Balaban J connectivity index is 2.25. The molecule has 13 heavy (non-hydrogen) atoms. The fourth-order valence-corrected chi connectivity index (χ4v) is 2.22. The average Bonchev–Trinajstić information content (AvgIpc) is 2.77. The lowest BCUT2D eigenvalue weighted by molar-refractivity contribution is 0.275. The summed E-state index contributed by atoms with van der Waals surface area (Å²) in [6.45, 7) is 2.33. The van der Waals surface area contributed by atoms with E-state index in [2.05, 4.69) is 6.92 Å². The molecule has 1 rings (SSSR count). The van der Waals surface area contributed by atoms with Gasteiger partial charge in [-0.1, -0.05) is 26.2 Å². The van der Waals surface area contributed by atoms with E-state index in [0.717, 1.165) is 25.7 Å². The fraction of sp³-hybridized carbons (Fsp3) is 1.00. The van der Waals surface area contributed by atoms with Gasteiger partial charge in [-0.05, 0) is 12.8 Å². The highest BCUT2D eigenvalue weighted by Crippen LogP contribution is 2.61. The molecule has 0 amide bonds. The van der Waals surface area contributed by atoms with Crippen LogP contribution in [0.3, 0.4) is 0 Å². The summed E-state index contributed by atoms with van der Waals surface area (Å²) in [5.74, 6) is 0. The van der Waals surface area contributed by atoms with E-state index in [-0.39, 0.29) is 6.61 Å². The van der Waals surface area contributed by atoms with Crippen molar-refractivity contribution in [3.05, 3.63) is 0 Å². The number of ether oxygens (including phenoxy) is 1. The lowest BCUT2D eigenvalue weighted by Crippen LogP contribution is -2.11. The normalized spacial score (nSPS) is 27.6. The molecular formula is C8H17O4P. The molecule has 0 bridgehead atoms. The molecule has 5 heteroatoms. The summed E-state index contributed by atoms with van der Waals surface area (Å²) < 4.78 is 15.8. The summed E-state index contributed by atoms with van der Waals surface area (Å²) in [5, 5.41) is -1.10. The Kier molecular flexibility index (Phi) is 3.52. The van der Waals surface area contributed by atoms with Crippen molar-refractivity contribution in [2.45, 2.75) is 44.4 Å². The van der Waals surface area contributed by atoms with Crippen LogP contribution in [-0.4, -0.2) is 21.7 Å². The molecule has 0 saturated carbocycles. The molecular weight excluding hydrogens is 191 g/mol. The van der Waals surface area contributed by atoms with Gasteiger partial charge in [0.15, 0.2) is 5.34 Å². The number of unbranched alkanes of at least 4 members (excludes halogenated alkanes) is 3. The molecule has 1 unspecified atom stereocenters. The monoisotopic (exact) mass is 208 g/mol. The van der Waals surface area contributed by atoms with Crippen molar-refractivity contribution in [2.75, 3.05) is 6.61 Å². The van der Waals surface area contributed by atoms with Crippen molar-refractivity contribution in [2.24, 2.45) is 0 Å². The highest BCUT2D eigenvalue weighted by molar-refractivity contribution is 7.53. The second-order valence-corrected chi connectivity index (χ2v) is 5.49. The first-order valence-electron chi connectivity index (χ1n) is 4.71. The minimum atomic E-state index is -4.03. The molecule has 1 aliphatic rings. The Labute approximate surface area is 78.5 Å². The molecule has 1 atom stereocenters. The third-order valence-corrected chi connectivity index (χ3v) is 3.97. The molecule has 0 aromatic carbocycles. The van der Waals surface area contributed by atoms with Crippen molar-refractivity contribution in [3.63, 3.8) is 0 Å². The summed E-state index contributed by atoms with van der Waals surface area (Å²) in [4.78, 5) is 17.9. The van der Waals surface area contributed by atoms with Crippen LogP contribution in [0.2, 0.25) is 0 Å². The third kappa shape index (κ3) is 2.78. The van der Waals surface area contributed by atoms with Gasteiger partial charge in [0.25, 0.3) is 0 Å². The number of hydrogen-bond donors (Lipinski definition) is 2. The molecule has 0 aliphatic carbocycles. The van der Waals surface area contributed by atoms with Crippen molar-refractivity contribution in [1.82, 2.24) is 0 Å². The van der Waals surface area contributed by atoms with E-state index in [0.29, 0.717) is 6.42 Å². The van der Waals surface area contributed by atoms with Gasteiger partial charge in [0, 0.05) is 0 Å². The number of epoxide rings is 1. The standard InChI is InChI=1S/C8H17O4P/c1-2-3-4-5-6-8(7-12-8)13(9,10)11/h2-7H2,1H3,(H2,9,10,11). The fourth-order valence-electron chi connectivity index (χ4n) is 1.37. The van der Waals surface area contributed by atoms with Gasteiger partial charge in [-0.25, -0.2) is 0 Å². The van der Waals surface area contributed by atoms with E-state index in [9.17, 15) is 4.57 Å². The van der Waals surface area contributed by atoms with E-state index >= 15 is 0 Å². The van der Waals surface area contributed by atoms with Gasteiger partial charge in [-0.2, -0.15) is 0 Å². The molecule has 0 aromatic heterocycles. The zero-order valence-corrected chi connectivity index (χ0v) is 8.80. The van der Waals surface area contributed by atoms with Crippen molar-refractivity contribution in [3.8, 4) is 0 Å². The van der Waals surface area contributed by atoms with Gasteiger partial charge in [-0.15, -0.1) is 0 Å². The van der Waals surface area contributed by atoms with Crippen molar-refractivity contribution >= 4 is 7.60 Å². The zero-order valence-electron chi connectivity index (χ0n) is 7.90. The lowest BCUT2D eigenvalue weighted by Gasteiger charge is -2.12. The molecule has 2 N–H and O–H groups in total. The maximum Gasteiger partial charge on any atom is 0.359 e. The topological polar surface area (TPSA) is 70.1 Å². The van der Waals surface area contributed by atoms with Crippen LogP contribution < -0.4 is 0 Å². The van der Waals surface area contributed by atoms with Gasteiger partial charge < -0.3 is 14.5 Å². The quantitative estimate of drug-likeness (QED) is 0.397. The largest absolute Gasteiger partial charge is 0.359 e. The molecule has 0 spiro atoms. The zero-order chi connectivity index (χ0) is 9.95. The Bertz CT molecular complexity index is 206. The minimum absolute atomic E-state index is 0.226. The van der Waals surface area contributed by atoms with Crippen LogP contribution in [0, 0.1) is 0 Å². The highest BCUT2D eigenvalue weighted by atomic mass is 31.2. The van der Waals surface area contributed by atoms with E-state index in [1.54, 1.807) is 0 Å². The lowest BCUT2D eigenvalue weighted by atomic mass is 10.1. The molecule has 4 nitrogen and oxygen atoms in total. The van der Waals surface area contributed by atoms with Gasteiger partial charge in [0.2, 0.25) is 0 Å². The summed E-state index contributed by atoms with van der Waals surface area (Å²) >= 11 is 0. The van der Waals surface area contributed by atoms with E-state index in [4.69, 9.17) is 14.5 Å². The second-order valence-electron chi connectivity index (χ2n) is 3.59. The predicted octanol–water partition coefficient (Wildman–Crippen LogP) is 1.86. The van der Waals surface area contributed by atoms with Crippen LogP contribution in [0.15, 0.2) is 0 Å². The summed E-state index contributed by atoms with van der Waals surface area (Å²) in [5.41, 5.74) is 0. The first kappa shape index (κ1) is 11.2. The predicted molar refractivity (Wildman–Crippen MR) is 49.5 cm³/mol. The van der Waals surface area contributed by atoms with Gasteiger partial charge in [0.05, 0.1) is 6.61 Å². The number of hydrogen-bond acceptors (Lipinski definition) is 2. The van der Waals surface area contributed by atoms with Crippen molar-refractivity contribution in [1.29, 1.82) is 0 Å². The van der Waals surface area contributed by atoms with Crippen LogP contribution in [-0.2, 0) is 9.30 Å². The van der Waals surface area contributed by atoms with Gasteiger partial charge in [0.1, 0.15) is 0 Å².